The molecule has 1 amide bonds. The molecule has 39 heavy (non-hydrogen) atoms. The molecule has 0 unspecified atom stereocenters. The smallest absolute Gasteiger partial charge is 0.446 e. The first-order valence-electron chi connectivity index (χ1n) is 10.3. The van der Waals surface area contributed by atoms with E-state index in [2.05, 4.69) is 27.2 Å². The summed E-state index contributed by atoms with van der Waals surface area (Å²) in [6.07, 6.45) is 0.230. The Labute approximate surface area is 236 Å². The maximum atomic E-state index is 12.7. The molecule has 0 bridgehead atoms. The summed E-state index contributed by atoms with van der Waals surface area (Å²) in [5, 5.41) is 19.7. The molecule has 0 saturated heterocycles. The van der Waals surface area contributed by atoms with Crippen molar-refractivity contribution in [3.05, 3.63) is 78.8 Å². The largest absolute Gasteiger partial charge is 2.00 e. The normalized spacial score (nSPS) is 11.3. The number of nitrogens with one attached hydrogen (secondary N) is 1. The van der Waals surface area contributed by atoms with Crippen molar-refractivity contribution in [3.63, 3.8) is 0 Å². The fourth-order valence-corrected chi connectivity index (χ4v) is 2.33. The Hall–Kier alpha value is -3.51. The fourth-order valence-electron chi connectivity index (χ4n) is 2.33. The van der Waals surface area contributed by atoms with Gasteiger partial charge in [0.2, 0.25) is 40.7 Å². The van der Waals surface area contributed by atoms with Gasteiger partial charge in [0.25, 0.3) is 0 Å². The van der Waals surface area contributed by atoms with E-state index in [0.29, 0.717) is 11.4 Å². The molecule has 0 fully saturated rings. The number of rotatable bonds is 7. The van der Waals surface area contributed by atoms with E-state index in [1.807, 2.05) is 0 Å². The Kier molecular flexibility index (Phi) is 15.9. The maximum absolute atomic E-state index is 12.7. The van der Waals surface area contributed by atoms with Gasteiger partial charge in [0.15, 0.2) is 11.8 Å². The maximum Gasteiger partial charge on any atom is 2.00 e. The summed E-state index contributed by atoms with van der Waals surface area (Å²) in [5.41, 5.74) is 11.8. The zero-order valence-electron chi connectivity index (χ0n) is 21.4. The van der Waals surface area contributed by atoms with Crippen LogP contribution in [0.3, 0.4) is 0 Å². The molecule has 6 N–H and O–H groups in total. The van der Waals surface area contributed by atoms with Crippen LogP contribution in [0.4, 0.5) is 22.0 Å². The molecule has 0 aliphatic heterocycles. The number of halogens is 5. The van der Waals surface area contributed by atoms with Gasteiger partial charge >= 0.3 is 21.1 Å². The number of aliphatic hydroxyl groups is 1. The first-order valence-corrected chi connectivity index (χ1v) is 10.3. The third-order valence-electron chi connectivity index (χ3n) is 4.03. The predicted octanol–water partition coefficient (Wildman–Crippen LogP) is 2.68. The van der Waals surface area contributed by atoms with Crippen LogP contribution in [0.15, 0.2) is 34.5 Å². The molecule has 2 aromatic rings. The third kappa shape index (κ3) is 12.7. The molecule has 0 aromatic heterocycles. The van der Waals surface area contributed by atoms with E-state index in [4.69, 9.17) is 11.5 Å². The van der Waals surface area contributed by atoms with Gasteiger partial charge < -0.3 is 34.1 Å². The fraction of sp³-hybridized carbons (Fsp3) is 0.250. The standard InChI is InChI=1S/C15H23N5O2.C8H2F5O2.CH3.W/c1-10(16)19-20-14(17)12-6-4-11(5-7-12)8-13(21)18-9-15(2,3)22;1-2(14)15-8-6(12)4(10)3(9)5(11)7(8)13;;/h4-7,22H,8-9H2,1-3H3,(H2,16,19)(H2,17,20)(H,18,21);1H2;1H3;/q;2*-1;+2. The van der Waals surface area contributed by atoms with Crippen LogP contribution in [0.25, 0.3) is 0 Å². The van der Waals surface area contributed by atoms with E-state index in [1.165, 1.54) is 0 Å². The number of nitrogens with two attached hydrogens (primary N) is 2. The number of hydrogen-bond donors (Lipinski definition) is 4. The zero-order valence-corrected chi connectivity index (χ0v) is 24.4. The minimum atomic E-state index is -2.33. The van der Waals surface area contributed by atoms with Gasteiger partial charge in [-0.2, -0.15) is 8.78 Å². The number of carbonyl (C=O) groups excluding carboxylic acids is 2. The topological polar surface area (TPSA) is 152 Å². The Bertz CT molecular complexity index is 1170. The molecule has 0 radical (unpaired) electrons. The number of hydrogen-bond acceptors (Lipinski definition) is 6. The molecule has 0 atom stereocenters. The summed E-state index contributed by atoms with van der Waals surface area (Å²) in [6, 6.07) is 7.11. The molecule has 0 heterocycles. The van der Waals surface area contributed by atoms with E-state index >= 15 is 0 Å². The van der Waals surface area contributed by atoms with Crippen molar-refractivity contribution >= 4 is 23.5 Å². The predicted molar refractivity (Wildman–Crippen MR) is 131 cm³/mol. The van der Waals surface area contributed by atoms with Gasteiger partial charge in [-0.25, -0.2) is 13.2 Å². The van der Waals surface area contributed by atoms with Gasteiger partial charge in [-0.3, -0.25) is 16.5 Å². The first kappa shape index (κ1) is 37.6. The van der Waals surface area contributed by atoms with Gasteiger partial charge in [-0.05, 0) is 26.3 Å². The molecule has 9 nitrogen and oxygen atoms in total. The molecular weight excluding hydrogens is 701 g/mol. The zero-order chi connectivity index (χ0) is 28.5. The van der Waals surface area contributed by atoms with Crippen molar-refractivity contribution in [2.75, 3.05) is 6.54 Å². The van der Waals surface area contributed by atoms with Crippen LogP contribution in [0, 0.1) is 43.4 Å². The monoisotopic (exact) mass is 729 g/mol. The summed E-state index contributed by atoms with van der Waals surface area (Å²) in [7, 11) is 0. The SMILES string of the molecule is C/C(N)=N/N=C(\N)c1ccc(CC(=O)NCC(C)(C)O)cc1.[CH2-]C(=O)Oc1c(F)c(F)c(F)c(F)c1F.[CH3-].[W+2]. The number of esters is 1. The minimum absolute atomic E-state index is 0. The molecule has 214 valence electrons. The van der Waals surface area contributed by atoms with Gasteiger partial charge in [-0.1, -0.05) is 24.3 Å². The summed E-state index contributed by atoms with van der Waals surface area (Å²) in [5.74, 6) is -13.8. The number of amidine groups is 2. The molecule has 0 saturated carbocycles. The first-order chi connectivity index (χ1) is 17.0. The van der Waals surface area contributed by atoms with Crippen LogP contribution in [0.5, 0.6) is 5.75 Å². The van der Waals surface area contributed by atoms with Crippen LogP contribution in [-0.2, 0) is 37.1 Å². The second kappa shape index (κ2) is 16.5. The van der Waals surface area contributed by atoms with Crippen molar-refractivity contribution in [2.24, 2.45) is 21.7 Å². The van der Waals surface area contributed by atoms with Crippen LogP contribution in [-0.4, -0.2) is 40.8 Å². The van der Waals surface area contributed by atoms with Crippen molar-refractivity contribution in [1.29, 1.82) is 0 Å². The van der Waals surface area contributed by atoms with Gasteiger partial charge in [0.1, 0.15) is 5.84 Å². The van der Waals surface area contributed by atoms with Crippen molar-refractivity contribution in [2.45, 2.75) is 32.8 Å². The van der Waals surface area contributed by atoms with Crippen LogP contribution in [0.1, 0.15) is 31.9 Å². The van der Waals surface area contributed by atoms with Gasteiger partial charge in [0.05, 0.1) is 12.0 Å². The van der Waals surface area contributed by atoms with Crippen LogP contribution < -0.4 is 21.5 Å². The third-order valence-corrected chi connectivity index (χ3v) is 4.03. The molecule has 2 aromatic carbocycles. The molecule has 0 spiro atoms. The second-order valence-corrected chi connectivity index (χ2v) is 8.06. The molecule has 2 rings (SSSR count). The van der Waals surface area contributed by atoms with E-state index < -0.39 is 46.4 Å². The van der Waals surface area contributed by atoms with Crippen molar-refractivity contribution in [1.82, 2.24) is 5.32 Å². The van der Waals surface area contributed by atoms with Gasteiger partial charge in [0, 0.05) is 12.1 Å². The van der Waals surface area contributed by atoms with Crippen LogP contribution in [0.2, 0.25) is 0 Å². The quantitative estimate of drug-likeness (QED) is 0.0396. The van der Waals surface area contributed by atoms with E-state index in [9.17, 15) is 36.6 Å². The molecule has 15 heteroatoms. The van der Waals surface area contributed by atoms with E-state index in [0.717, 1.165) is 5.56 Å². The van der Waals surface area contributed by atoms with Crippen molar-refractivity contribution < 1.29 is 62.4 Å². The number of amides is 1. The minimum Gasteiger partial charge on any atom is -0.446 e. The summed E-state index contributed by atoms with van der Waals surface area (Å²) < 4.78 is 66.6. The number of nitrogens with zero attached hydrogens (tertiary/aromatic N) is 2. The average Bonchev–Trinajstić information content (AvgIpc) is 2.81. The Morgan fingerprint density at radius 2 is 1.44 bits per heavy atom. The molecule has 0 aliphatic carbocycles. The summed E-state index contributed by atoms with van der Waals surface area (Å²) in [6.45, 7) is 7.66. The number of ether oxygens (including phenoxy) is 1. The molecule has 0 aliphatic rings. The summed E-state index contributed by atoms with van der Waals surface area (Å²) in [4.78, 5) is 22.0. The van der Waals surface area contributed by atoms with Gasteiger partial charge in [-0.15, -0.1) is 10.2 Å². The Morgan fingerprint density at radius 3 is 1.85 bits per heavy atom. The van der Waals surface area contributed by atoms with Crippen LogP contribution >= 0.6 is 0 Å². The van der Waals surface area contributed by atoms with E-state index in [1.54, 1.807) is 45.0 Å². The average molecular weight is 729 g/mol. The van der Waals surface area contributed by atoms with Crippen molar-refractivity contribution in [3.8, 4) is 5.75 Å². The second-order valence-electron chi connectivity index (χ2n) is 8.06. The van der Waals surface area contributed by atoms with E-state index in [-0.39, 0.29) is 53.2 Å². The Balaban J connectivity index is 0. The summed E-state index contributed by atoms with van der Waals surface area (Å²) >= 11 is 0. The Morgan fingerprint density at radius 1 is 0.974 bits per heavy atom. The number of carbonyl (C=O) groups is 2. The molecular formula is C24H28F5N5O4W. The number of benzene rings is 2.